The number of nitrogens with zero attached hydrogens (tertiary/aromatic N) is 6. The zero-order valence-corrected chi connectivity index (χ0v) is 17.5. The Morgan fingerprint density at radius 3 is 2.38 bits per heavy atom. The topological polar surface area (TPSA) is 62.1 Å². The van der Waals surface area contributed by atoms with Gasteiger partial charge < -0.3 is 19.7 Å². The lowest BCUT2D eigenvalue weighted by Gasteiger charge is -2.34. The van der Waals surface area contributed by atoms with Crippen molar-refractivity contribution in [3.05, 3.63) is 30.6 Å². The van der Waals surface area contributed by atoms with E-state index >= 15 is 0 Å². The van der Waals surface area contributed by atoms with Crippen LogP contribution < -0.4 is 10.2 Å². The number of nitrogens with one attached hydrogen (secondary N) is 1. The summed E-state index contributed by atoms with van der Waals surface area (Å²) in [5, 5.41) is 3.55. The van der Waals surface area contributed by atoms with E-state index in [1.165, 1.54) is 18.5 Å². The summed E-state index contributed by atoms with van der Waals surface area (Å²) in [6.07, 6.45) is 4.28. The molecule has 3 heterocycles. The van der Waals surface area contributed by atoms with Crippen molar-refractivity contribution in [2.75, 3.05) is 43.4 Å². The van der Waals surface area contributed by atoms with Crippen LogP contribution in [0.2, 0.25) is 0 Å². The quantitative estimate of drug-likeness (QED) is 0.719. The molecule has 152 valence electrons. The molecule has 0 amide bonds. The number of hydrogen-bond acceptors (Lipinski definition) is 6. The maximum Gasteiger partial charge on any atom is 0.166 e. The Morgan fingerprint density at radius 2 is 1.72 bits per heavy atom. The van der Waals surface area contributed by atoms with E-state index in [0.29, 0.717) is 12.1 Å². The number of aromatic nitrogens is 4. The normalized spacial score (nSPS) is 18.0. The van der Waals surface area contributed by atoms with Crippen LogP contribution in [0.4, 0.5) is 11.5 Å². The molecule has 3 aromatic rings. The van der Waals surface area contributed by atoms with Gasteiger partial charge >= 0.3 is 0 Å². The maximum atomic E-state index is 4.90. The SMILES string of the molecule is CC(C)n1cnc2c(NC3CC3)nc(-c3ccc(N4CCN(C)CC4)cc3)nc21. The molecular weight excluding hydrogens is 362 g/mol. The zero-order valence-electron chi connectivity index (χ0n) is 17.5. The van der Waals surface area contributed by atoms with Gasteiger partial charge in [0.2, 0.25) is 0 Å². The van der Waals surface area contributed by atoms with E-state index in [1.807, 2.05) is 6.33 Å². The molecule has 1 N–H and O–H groups in total. The molecule has 1 aromatic carbocycles. The summed E-state index contributed by atoms with van der Waals surface area (Å²) in [5.41, 5.74) is 4.08. The van der Waals surface area contributed by atoms with E-state index in [0.717, 1.165) is 54.5 Å². The fraction of sp³-hybridized carbons (Fsp3) is 0.500. The average molecular weight is 392 g/mol. The van der Waals surface area contributed by atoms with Crippen LogP contribution in [-0.2, 0) is 0 Å². The highest BCUT2D eigenvalue weighted by Crippen LogP contribution is 2.31. The van der Waals surface area contributed by atoms with Crippen molar-refractivity contribution < 1.29 is 0 Å². The Bertz CT molecular complexity index is 996. The van der Waals surface area contributed by atoms with E-state index in [2.05, 4.69) is 69.8 Å². The Kier molecular flexibility index (Phi) is 4.62. The summed E-state index contributed by atoms with van der Waals surface area (Å²) >= 11 is 0. The lowest BCUT2D eigenvalue weighted by atomic mass is 10.1. The summed E-state index contributed by atoms with van der Waals surface area (Å²) < 4.78 is 2.12. The van der Waals surface area contributed by atoms with Gasteiger partial charge in [-0.15, -0.1) is 0 Å². The minimum absolute atomic E-state index is 0.302. The third kappa shape index (κ3) is 3.67. The number of fused-ring (bicyclic) bond motifs is 1. The molecule has 2 aromatic heterocycles. The van der Waals surface area contributed by atoms with Crippen molar-refractivity contribution in [3.63, 3.8) is 0 Å². The van der Waals surface area contributed by atoms with Gasteiger partial charge in [0.05, 0.1) is 6.33 Å². The Morgan fingerprint density at radius 1 is 1.00 bits per heavy atom. The average Bonchev–Trinajstić information content (AvgIpc) is 3.43. The van der Waals surface area contributed by atoms with Crippen LogP contribution >= 0.6 is 0 Å². The highest BCUT2D eigenvalue weighted by Gasteiger charge is 2.24. The highest BCUT2D eigenvalue weighted by molar-refractivity contribution is 5.85. The molecule has 0 radical (unpaired) electrons. The molecule has 1 saturated heterocycles. The van der Waals surface area contributed by atoms with Gasteiger partial charge in [-0.2, -0.15) is 0 Å². The monoisotopic (exact) mass is 391 g/mol. The second-order valence-corrected chi connectivity index (χ2v) is 8.57. The molecular formula is C22H29N7. The van der Waals surface area contributed by atoms with E-state index in [4.69, 9.17) is 9.97 Å². The van der Waals surface area contributed by atoms with Crippen LogP contribution in [0.1, 0.15) is 32.7 Å². The lowest BCUT2D eigenvalue weighted by Crippen LogP contribution is -2.44. The minimum Gasteiger partial charge on any atom is -0.369 e. The van der Waals surface area contributed by atoms with Gasteiger partial charge in [0.1, 0.15) is 5.52 Å². The summed E-state index contributed by atoms with van der Waals surface area (Å²) in [7, 11) is 2.18. The summed E-state index contributed by atoms with van der Waals surface area (Å²) in [6, 6.07) is 9.50. The molecule has 2 aliphatic rings. The first-order valence-electron chi connectivity index (χ1n) is 10.6. The third-order valence-corrected chi connectivity index (χ3v) is 5.89. The van der Waals surface area contributed by atoms with Crippen molar-refractivity contribution in [1.29, 1.82) is 0 Å². The Balaban J connectivity index is 1.49. The number of hydrogen-bond donors (Lipinski definition) is 1. The van der Waals surface area contributed by atoms with Crippen molar-refractivity contribution in [1.82, 2.24) is 24.4 Å². The van der Waals surface area contributed by atoms with Crippen LogP contribution in [0.3, 0.4) is 0 Å². The van der Waals surface area contributed by atoms with Crippen molar-refractivity contribution >= 4 is 22.7 Å². The fourth-order valence-corrected chi connectivity index (χ4v) is 3.83. The maximum absolute atomic E-state index is 4.90. The van der Waals surface area contributed by atoms with Crippen molar-refractivity contribution in [3.8, 4) is 11.4 Å². The van der Waals surface area contributed by atoms with Crippen LogP contribution in [0.25, 0.3) is 22.6 Å². The predicted molar refractivity (Wildman–Crippen MR) is 117 cm³/mol. The van der Waals surface area contributed by atoms with Gasteiger partial charge in [0.15, 0.2) is 17.3 Å². The number of anilines is 2. The molecule has 0 atom stereocenters. The van der Waals surface area contributed by atoms with Gasteiger partial charge in [-0.3, -0.25) is 0 Å². The summed E-state index contributed by atoms with van der Waals surface area (Å²) in [6.45, 7) is 8.67. The van der Waals surface area contributed by atoms with Crippen molar-refractivity contribution in [2.45, 2.75) is 38.8 Å². The first-order chi connectivity index (χ1) is 14.1. The first-order valence-corrected chi connectivity index (χ1v) is 10.6. The number of likely N-dealkylation sites (N-methyl/N-ethyl adjacent to an activating group) is 1. The fourth-order valence-electron chi connectivity index (χ4n) is 3.83. The minimum atomic E-state index is 0.302. The molecule has 7 nitrogen and oxygen atoms in total. The van der Waals surface area contributed by atoms with Crippen molar-refractivity contribution in [2.24, 2.45) is 0 Å². The largest absolute Gasteiger partial charge is 0.369 e. The van der Waals surface area contributed by atoms with Gasteiger partial charge in [0, 0.05) is 49.5 Å². The van der Waals surface area contributed by atoms with Crippen LogP contribution in [0, 0.1) is 0 Å². The Labute approximate surface area is 171 Å². The van der Waals surface area contributed by atoms with Gasteiger partial charge in [-0.05, 0) is 58.0 Å². The molecule has 29 heavy (non-hydrogen) atoms. The van der Waals surface area contributed by atoms with Gasteiger partial charge in [-0.1, -0.05) is 0 Å². The molecule has 7 heteroatoms. The van der Waals surface area contributed by atoms with E-state index < -0.39 is 0 Å². The number of rotatable bonds is 5. The number of piperazine rings is 1. The summed E-state index contributed by atoms with van der Waals surface area (Å²) in [4.78, 5) is 19.2. The van der Waals surface area contributed by atoms with Crippen LogP contribution in [0.5, 0.6) is 0 Å². The Hall–Kier alpha value is -2.67. The van der Waals surface area contributed by atoms with E-state index in [-0.39, 0.29) is 0 Å². The van der Waals surface area contributed by atoms with Crippen LogP contribution in [-0.4, -0.2) is 63.7 Å². The highest BCUT2D eigenvalue weighted by atomic mass is 15.2. The van der Waals surface area contributed by atoms with Gasteiger partial charge in [-0.25, -0.2) is 15.0 Å². The predicted octanol–water partition coefficient (Wildman–Crippen LogP) is 3.40. The molecule has 0 bridgehead atoms. The molecule has 0 unspecified atom stereocenters. The molecule has 5 rings (SSSR count). The van der Waals surface area contributed by atoms with Crippen LogP contribution in [0.15, 0.2) is 30.6 Å². The zero-order chi connectivity index (χ0) is 20.0. The summed E-state index contributed by atoms with van der Waals surface area (Å²) in [5.74, 6) is 1.61. The molecule has 2 fully saturated rings. The third-order valence-electron chi connectivity index (χ3n) is 5.89. The second kappa shape index (κ2) is 7.30. The van der Waals surface area contributed by atoms with Gasteiger partial charge in [0.25, 0.3) is 0 Å². The standard InChI is InChI=1S/C22H29N7/c1-15(2)29-14-23-19-21(24-17-6-7-17)25-20(26-22(19)29)16-4-8-18(9-5-16)28-12-10-27(3)11-13-28/h4-5,8-9,14-15,17H,6-7,10-13H2,1-3H3,(H,24,25,26). The second-order valence-electron chi connectivity index (χ2n) is 8.57. The number of benzene rings is 1. The van der Waals surface area contributed by atoms with E-state index in [1.54, 1.807) is 0 Å². The van der Waals surface area contributed by atoms with E-state index in [9.17, 15) is 0 Å². The molecule has 1 saturated carbocycles. The molecule has 1 aliphatic heterocycles. The first kappa shape index (κ1) is 18.4. The lowest BCUT2D eigenvalue weighted by molar-refractivity contribution is 0.313. The molecule has 0 spiro atoms. The molecule has 1 aliphatic carbocycles. The smallest absolute Gasteiger partial charge is 0.166 e. The number of imidazole rings is 1.